The quantitative estimate of drug-likeness (QED) is 0.561. The van der Waals surface area contributed by atoms with E-state index in [1.54, 1.807) is 31.2 Å². The van der Waals surface area contributed by atoms with Gasteiger partial charge in [0.15, 0.2) is 0 Å². The van der Waals surface area contributed by atoms with Gasteiger partial charge in [-0.25, -0.2) is 4.79 Å². The highest BCUT2D eigenvalue weighted by Crippen LogP contribution is 2.33. The van der Waals surface area contributed by atoms with Crippen LogP contribution >= 0.6 is 34.8 Å². The lowest BCUT2D eigenvalue weighted by atomic mass is 10.1. The van der Waals surface area contributed by atoms with Crippen molar-refractivity contribution < 1.29 is 9.15 Å². The third-order valence-corrected chi connectivity index (χ3v) is 4.44. The fourth-order valence-electron chi connectivity index (χ4n) is 2.18. The first kappa shape index (κ1) is 16.2. The van der Waals surface area contributed by atoms with Crippen molar-refractivity contribution in [2.75, 3.05) is 0 Å². The van der Waals surface area contributed by atoms with E-state index in [4.69, 9.17) is 44.0 Å². The average molecular weight is 370 g/mol. The number of hydrogen-bond acceptors (Lipinski definition) is 3. The maximum absolute atomic E-state index is 11.7. The Morgan fingerprint density at radius 1 is 1.09 bits per heavy atom. The first-order valence-electron chi connectivity index (χ1n) is 6.75. The average Bonchev–Trinajstić information content (AvgIpc) is 2.53. The van der Waals surface area contributed by atoms with Crippen LogP contribution in [0.1, 0.15) is 11.1 Å². The molecule has 0 bridgehead atoms. The Morgan fingerprint density at radius 2 is 1.78 bits per heavy atom. The zero-order valence-corrected chi connectivity index (χ0v) is 14.3. The lowest BCUT2D eigenvalue weighted by Gasteiger charge is -2.10. The predicted octanol–water partition coefficient (Wildman–Crippen LogP) is 5.64. The van der Waals surface area contributed by atoms with E-state index in [0.717, 1.165) is 5.56 Å². The van der Waals surface area contributed by atoms with Crippen LogP contribution in [0.15, 0.2) is 45.6 Å². The second kappa shape index (κ2) is 6.44. The molecule has 23 heavy (non-hydrogen) atoms. The normalized spacial score (nSPS) is 11.0. The zero-order valence-electron chi connectivity index (χ0n) is 12.0. The Kier molecular flexibility index (Phi) is 4.53. The standard InChI is InChI=1S/C17H11Cl3O3/c1-9-12-6-13(19)15(7-14(12)23-17(21)16(9)20)22-8-10-2-4-11(18)5-3-10/h2-7H,8H2,1H3. The van der Waals surface area contributed by atoms with Gasteiger partial charge in [-0.1, -0.05) is 46.9 Å². The molecule has 0 saturated heterocycles. The van der Waals surface area contributed by atoms with Crippen molar-refractivity contribution in [3.63, 3.8) is 0 Å². The highest BCUT2D eigenvalue weighted by molar-refractivity contribution is 6.34. The van der Waals surface area contributed by atoms with Gasteiger partial charge in [0.05, 0.1) is 5.02 Å². The summed E-state index contributed by atoms with van der Waals surface area (Å²) in [5, 5.41) is 1.81. The topological polar surface area (TPSA) is 39.4 Å². The Balaban J connectivity index is 1.95. The van der Waals surface area contributed by atoms with Gasteiger partial charge in [-0.3, -0.25) is 0 Å². The Labute approximate surface area is 147 Å². The summed E-state index contributed by atoms with van der Waals surface area (Å²) < 4.78 is 10.9. The monoisotopic (exact) mass is 368 g/mol. The van der Waals surface area contributed by atoms with Gasteiger partial charge in [-0.05, 0) is 36.2 Å². The molecule has 0 spiro atoms. The van der Waals surface area contributed by atoms with Crippen molar-refractivity contribution in [2.45, 2.75) is 13.5 Å². The second-order valence-corrected chi connectivity index (χ2v) is 6.24. The highest BCUT2D eigenvalue weighted by Gasteiger charge is 2.13. The minimum absolute atomic E-state index is 0.0587. The fourth-order valence-corrected chi connectivity index (χ4v) is 2.67. The molecule has 118 valence electrons. The van der Waals surface area contributed by atoms with E-state index < -0.39 is 5.63 Å². The molecule has 0 amide bonds. The fraction of sp³-hybridized carbons (Fsp3) is 0.118. The molecule has 0 radical (unpaired) electrons. The van der Waals surface area contributed by atoms with Gasteiger partial charge < -0.3 is 9.15 Å². The van der Waals surface area contributed by atoms with Crippen molar-refractivity contribution >= 4 is 45.8 Å². The molecule has 0 aliphatic heterocycles. The summed E-state index contributed by atoms with van der Waals surface area (Å²) in [5.41, 5.74) is 1.37. The number of hydrogen-bond donors (Lipinski definition) is 0. The molecular formula is C17H11Cl3O3. The molecule has 3 aromatic rings. The maximum Gasteiger partial charge on any atom is 0.355 e. The summed E-state index contributed by atoms with van der Waals surface area (Å²) in [5.74, 6) is 0.430. The number of benzene rings is 2. The lowest BCUT2D eigenvalue weighted by Crippen LogP contribution is -2.02. The molecule has 1 heterocycles. The van der Waals surface area contributed by atoms with Crippen molar-refractivity contribution in [2.24, 2.45) is 0 Å². The van der Waals surface area contributed by atoms with Crippen LogP contribution in [0.2, 0.25) is 15.1 Å². The summed E-state index contributed by atoms with van der Waals surface area (Å²) in [6.45, 7) is 2.06. The van der Waals surface area contributed by atoms with Crippen LogP contribution in [-0.4, -0.2) is 0 Å². The molecule has 0 N–H and O–H groups in total. The predicted molar refractivity (Wildman–Crippen MR) is 93.0 cm³/mol. The third-order valence-electron chi connectivity index (χ3n) is 3.46. The molecule has 3 rings (SSSR count). The first-order valence-corrected chi connectivity index (χ1v) is 7.89. The molecule has 0 saturated carbocycles. The smallest absolute Gasteiger partial charge is 0.355 e. The number of fused-ring (bicyclic) bond motifs is 1. The van der Waals surface area contributed by atoms with Crippen LogP contribution in [0.3, 0.4) is 0 Å². The molecule has 0 atom stereocenters. The van der Waals surface area contributed by atoms with E-state index in [-0.39, 0.29) is 5.02 Å². The third kappa shape index (κ3) is 3.32. The van der Waals surface area contributed by atoms with E-state index in [9.17, 15) is 4.79 Å². The lowest BCUT2D eigenvalue weighted by molar-refractivity contribution is 0.306. The van der Waals surface area contributed by atoms with Gasteiger partial charge in [0.1, 0.15) is 23.0 Å². The Morgan fingerprint density at radius 3 is 2.48 bits per heavy atom. The molecule has 6 heteroatoms. The number of aryl methyl sites for hydroxylation is 1. The molecular weight excluding hydrogens is 359 g/mol. The van der Waals surface area contributed by atoms with Crippen molar-refractivity contribution in [1.82, 2.24) is 0 Å². The maximum atomic E-state index is 11.7. The summed E-state index contributed by atoms with van der Waals surface area (Å²) in [6.07, 6.45) is 0. The molecule has 0 fully saturated rings. The summed E-state index contributed by atoms with van der Waals surface area (Å²) in [6, 6.07) is 10.6. The Hall–Kier alpha value is -1.68. The number of ether oxygens (including phenoxy) is 1. The van der Waals surface area contributed by atoms with E-state index in [2.05, 4.69) is 0 Å². The summed E-state index contributed by atoms with van der Waals surface area (Å²) in [4.78, 5) is 11.7. The van der Waals surface area contributed by atoms with E-state index in [1.807, 2.05) is 12.1 Å². The van der Waals surface area contributed by atoms with E-state index >= 15 is 0 Å². The SMILES string of the molecule is Cc1c(Cl)c(=O)oc2cc(OCc3ccc(Cl)cc3)c(Cl)cc12. The molecule has 0 unspecified atom stereocenters. The van der Waals surface area contributed by atoms with Crippen LogP contribution < -0.4 is 10.4 Å². The zero-order chi connectivity index (χ0) is 16.6. The largest absolute Gasteiger partial charge is 0.487 e. The van der Waals surface area contributed by atoms with Gasteiger partial charge in [0, 0.05) is 16.5 Å². The van der Waals surface area contributed by atoms with Gasteiger partial charge in [0.2, 0.25) is 0 Å². The molecule has 2 aromatic carbocycles. The van der Waals surface area contributed by atoms with Gasteiger partial charge in [-0.15, -0.1) is 0 Å². The minimum Gasteiger partial charge on any atom is -0.487 e. The Bertz CT molecular complexity index is 930. The molecule has 0 aliphatic rings. The van der Waals surface area contributed by atoms with Gasteiger partial charge in [-0.2, -0.15) is 0 Å². The van der Waals surface area contributed by atoms with Gasteiger partial charge >= 0.3 is 5.63 Å². The van der Waals surface area contributed by atoms with Crippen LogP contribution in [0.5, 0.6) is 5.75 Å². The van der Waals surface area contributed by atoms with Crippen LogP contribution in [0.4, 0.5) is 0 Å². The number of halogens is 3. The van der Waals surface area contributed by atoms with Crippen LogP contribution in [0, 0.1) is 6.92 Å². The van der Waals surface area contributed by atoms with Crippen molar-refractivity contribution in [3.8, 4) is 5.75 Å². The van der Waals surface area contributed by atoms with Gasteiger partial charge in [0.25, 0.3) is 0 Å². The van der Waals surface area contributed by atoms with Crippen LogP contribution in [-0.2, 0) is 6.61 Å². The molecule has 1 aromatic heterocycles. The summed E-state index contributed by atoms with van der Waals surface area (Å²) >= 11 is 18.0. The van der Waals surface area contributed by atoms with E-state index in [0.29, 0.717) is 38.9 Å². The molecule has 3 nitrogen and oxygen atoms in total. The molecule has 0 aliphatic carbocycles. The van der Waals surface area contributed by atoms with Crippen LogP contribution in [0.25, 0.3) is 11.0 Å². The van der Waals surface area contributed by atoms with Crippen molar-refractivity contribution in [1.29, 1.82) is 0 Å². The highest BCUT2D eigenvalue weighted by atomic mass is 35.5. The van der Waals surface area contributed by atoms with E-state index in [1.165, 1.54) is 0 Å². The second-order valence-electron chi connectivity index (χ2n) is 5.02. The van der Waals surface area contributed by atoms with Crippen molar-refractivity contribution in [3.05, 3.63) is 73.0 Å². The number of rotatable bonds is 3. The minimum atomic E-state index is -0.581. The summed E-state index contributed by atoms with van der Waals surface area (Å²) in [7, 11) is 0. The first-order chi connectivity index (χ1) is 11.0.